The van der Waals surface area contributed by atoms with E-state index in [2.05, 4.69) is 10.4 Å². The van der Waals surface area contributed by atoms with Crippen molar-refractivity contribution in [3.8, 4) is 0 Å². The lowest BCUT2D eigenvalue weighted by Gasteiger charge is -2.04. The number of benzene rings is 1. The summed E-state index contributed by atoms with van der Waals surface area (Å²) in [5, 5.41) is 6.03. The largest absolute Gasteiger partial charge is 0.465 e. The molecule has 1 aromatic carbocycles. The van der Waals surface area contributed by atoms with Crippen LogP contribution >= 0.6 is 11.3 Å². The van der Waals surface area contributed by atoms with Gasteiger partial charge in [-0.1, -0.05) is 28.6 Å². The van der Waals surface area contributed by atoms with Crippen molar-refractivity contribution in [1.29, 1.82) is 0 Å². The Kier molecular flexibility index (Phi) is 3.83. The number of carbonyl (C=O) groups is 1. The first kappa shape index (κ1) is 12.4. The predicted octanol–water partition coefficient (Wildman–Crippen LogP) is 1.85. The van der Waals surface area contributed by atoms with Crippen molar-refractivity contribution in [2.75, 3.05) is 6.61 Å². The summed E-state index contributed by atoms with van der Waals surface area (Å²) >= 11 is 1.30. The van der Waals surface area contributed by atoms with Crippen LogP contribution in [0.25, 0.3) is 10.2 Å². The number of rotatable bonds is 4. The zero-order valence-corrected chi connectivity index (χ0v) is 10.5. The fourth-order valence-corrected chi connectivity index (χ4v) is 2.59. The monoisotopic (exact) mass is 265 g/mol. The molecule has 0 radical (unpaired) electrons. The molecule has 0 spiro atoms. The molecule has 1 aromatic heterocycles. The summed E-state index contributed by atoms with van der Waals surface area (Å²) < 4.78 is 7.45. The van der Waals surface area contributed by atoms with Crippen LogP contribution in [0.3, 0.4) is 0 Å². The number of hydrogen-bond acceptors (Lipinski definition) is 5. The van der Waals surface area contributed by atoms with Crippen molar-refractivity contribution in [2.24, 2.45) is 10.4 Å². The van der Waals surface area contributed by atoms with Gasteiger partial charge in [0.2, 0.25) is 4.80 Å². The van der Waals surface area contributed by atoms with E-state index in [0.717, 1.165) is 10.2 Å². The second kappa shape index (κ2) is 5.54. The van der Waals surface area contributed by atoms with E-state index in [9.17, 15) is 9.70 Å². The summed E-state index contributed by atoms with van der Waals surface area (Å²) in [7, 11) is 0. The minimum absolute atomic E-state index is 0.0200. The van der Waals surface area contributed by atoms with Gasteiger partial charge in [0.15, 0.2) is 0 Å². The van der Waals surface area contributed by atoms with Gasteiger partial charge in [-0.3, -0.25) is 4.79 Å². The van der Waals surface area contributed by atoms with Crippen molar-refractivity contribution in [3.05, 3.63) is 34.0 Å². The van der Waals surface area contributed by atoms with Crippen LogP contribution in [-0.4, -0.2) is 17.1 Å². The summed E-state index contributed by atoms with van der Waals surface area (Å²) in [4.78, 5) is 22.2. The van der Waals surface area contributed by atoms with Crippen molar-refractivity contribution in [2.45, 2.75) is 13.5 Å². The predicted molar refractivity (Wildman–Crippen MR) is 67.8 cm³/mol. The molecule has 6 nitrogen and oxygen atoms in total. The van der Waals surface area contributed by atoms with E-state index in [1.54, 1.807) is 11.5 Å². The number of ether oxygens (including phenoxy) is 1. The highest BCUT2D eigenvalue weighted by Crippen LogP contribution is 2.16. The molecule has 0 unspecified atom stereocenters. The Morgan fingerprint density at radius 3 is 2.94 bits per heavy atom. The maximum atomic E-state index is 11.5. The maximum Gasteiger partial charge on any atom is 0.326 e. The number of aromatic nitrogens is 1. The minimum atomic E-state index is -0.367. The first-order chi connectivity index (χ1) is 8.76. The summed E-state index contributed by atoms with van der Waals surface area (Å²) in [6.45, 7) is 2.08. The van der Waals surface area contributed by atoms with E-state index < -0.39 is 0 Å². The molecule has 0 fully saturated rings. The molecule has 0 N–H and O–H groups in total. The lowest BCUT2D eigenvalue weighted by Crippen LogP contribution is -2.21. The van der Waals surface area contributed by atoms with Gasteiger partial charge in [0.1, 0.15) is 6.54 Å². The molecule has 0 saturated heterocycles. The Morgan fingerprint density at radius 2 is 2.22 bits per heavy atom. The van der Waals surface area contributed by atoms with Crippen molar-refractivity contribution in [1.82, 2.24) is 4.57 Å². The summed E-state index contributed by atoms with van der Waals surface area (Å²) in [6, 6.07) is 7.49. The second-order valence-electron chi connectivity index (χ2n) is 3.43. The summed E-state index contributed by atoms with van der Waals surface area (Å²) in [5.41, 5.74) is 0.831. The maximum absolute atomic E-state index is 11.5. The van der Waals surface area contributed by atoms with Gasteiger partial charge in [-0.15, -0.1) is 4.91 Å². The molecule has 0 aliphatic heterocycles. The Hall–Kier alpha value is -2.02. The molecule has 0 saturated carbocycles. The first-order valence-corrected chi connectivity index (χ1v) is 6.18. The third-order valence-corrected chi connectivity index (χ3v) is 3.36. The van der Waals surface area contributed by atoms with E-state index in [0.29, 0.717) is 11.4 Å². The molecule has 0 bridgehead atoms. The van der Waals surface area contributed by atoms with Crippen LogP contribution in [0.4, 0.5) is 0 Å². The molecule has 1 heterocycles. The van der Waals surface area contributed by atoms with Crippen LogP contribution in [0.5, 0.6) is 0 Å². The highest BCUT2D eigenvalue weighted by atomic mass is 32.1. The van der Waals surface area contributed by atoms with Crippen LogP contribution in [0.1, 0.15) is 6.92 Å². The lowest BCUT2D eigenvalue weighted by atomic mass is 10.3. The number of nitroso groups, excluding NO2 is 1. The van der Waals surface area contributed by atoms with Gasteiger partial charge in [0.05, 0.1) is 22.1 Å². The summed E-state index contributed by atoms with van der Waals surface area (Å²) in [6.07, 6.45) is 0. The van der Waals surface area contributed by atoms with Crippen molar-refractivity contribution < 1.29 is 9.53 Å². The first-order valence-electron chi connectivity index (χ1n) is 5.36. The van der Waals surface area contributed by atoms with Crippen molar-refractivity contribution >= 4 is 27.5 Å². The highest BCUT2D eigenvalue weighted by molar-refractivity contribution is 7.16. The van der Waals surface area contributed by atoms with Crippen LogP contribution < -0.4 is 4.80 Å². The number of carbonyl (C=O) groups excluding carboxylic acids is 1. The van der Waals surface area contributed by atoms with Crippen LogP contribution in [0.2, 0.25) is 0 Å². The van der Waals surface area contributed by atoms with Gasteiger partial charge in [0, 0.05) is 0 Å². The average Bonchev–Trinajstić information content (AvgIpc) is 2.69. The molecular formula is C11H11N3O3S. The number of para-hydroxylation sites is 1. The van der Waals surface area contributed by atoms with Crippen molar-refractivity contribution in [3.63, 3.8) is 0 Å². The number of nitrogens with zero attached hydrogens (tertiary/aromatic N) is 3. The molecule has 2 rings (SSSR count). The fraction of sp³-hybridized carbons (Fsp3) is 0.273. The molecule has 0 amide bonds. The smallest absolute Gasteiger partial charge is 0.326 e. The quantitative estimate of drug-likeness (QED) is 0.481. The number of hydrogen-bond donors (Lipinski definition) is 0. The fourth-order valence-electron chi connectivity index (χ4n) is 1.62. The molecule has 7 heteroatoms. The zero-order valence-electron chi connectivity index (χ0n) is 9.70. The van der Waals surface area contributed by atoms with Crippen LogP contribution in [0, 0.1) is 4.91 Å². The molecule has 18 heavy (non-hydrogen) atoms. The van der Waals surface area contributed by atoms with Crippen LogP contribution in [0.15, 0.2) is 34.7 Å². The molecule has 0 aliphatic carbocycles. The standard InChI is InChI=1S/C11H11N3O3S/c1-2-17-10(15)7-14-8-5-3-4-6-9(8)18-11(14)12-13-16/h3-6H,2,7H2,1H3/b12-11-. The molecule has 2 aromatic rings. The van der Waals surface area contributed by atoms with E-state index in [1.807, 2.05) is 24.3 Å². The normalized spacial score (nSPS) is 11.7. The molecule has 0 atom stereocenters. The van der Waals surface area contributed by atoms with Gasteiger partial charge < -0.3 is 9.30 Å². The Labute approximate surface area is 106 Å². The topological polar surface area (TPSA) is 73.0 Å². The Balaban J connectivity index is 2.52. The molecular weight excluding hydrogens is 254 g/mol. The van der Waals surface area contributed by atoms with Gasteiger partial charge >= 0.3 is 5.97 Å². The van der Waals surface area contributed by atoms with E-state index in [4.69, 9.17) is 4.74 Å². The van der Waals surface area contributed by atoms with Crippen LogP contribution in [-0.2, 0) is 16.1 Å². The average molecular weight is 265 g/mol. The van der Waals surface area contributed by atoms with E-state index >= 15 is 0 Å². The number of fused-ring (bicyclic) bond motifs is 1. The van der Waals surface area contributed by atoms with Gasteiger partial charge in [-0.05, 0) is 19.1 Å². The molecule has 0 aliphatic rings. The van der Waals surface area contributed by atoms with Gasteiger partial charge in [-0.25, -0.2) is 0 Å². The van der Waals surface area contributed by atoms with Gasteiger partial charge in [0.25, 0.3) is 0 Å². The molecule has 94 valence electrons. The van der Waals surface area contributed by atoms with Gasteiger partial charge in [-0.2, -0.15) is 0 Å². The Morgan fingerprint density at radius 1 is 1.44 bits per heavy atom. The SMILES string of the molecule is CCOC(=O)Cn1/c(=N/N=O)sc2ccccc21. The summed E-state index contributed by atoms with van der Waals surface area (Å²) in [5.74, 6) is -0.367. The minimum Gasteiger partial charge on any atom is -0.465 e. The van der Waals surface area contributed by atoms with E-state index in [1.165, 1.54) is 11.3 Å². The lowest BCUT2D eigenvalue weighted by molar-refractivity contribution is -0.143. The number of thiazole rings is 1. The highest BCUT2D eigenvalue weighted by Gasteiger charge is 2.10. The second-order valence-corrected chi connectivity index (χ2v) is 4.43. The number of esters is 1. The third kappa shape index (κ3) is 2.45. The van der Waals surface area contributed by atoms with E-state index in [-0.39, 0.29) is 12.5 Å². The Bertz CT molecular complexity index is 644. The third-order valence-electron chi connectivity index (χ3n) is 2.31. The zero-order chi connectivity index (χ0) is 13.0.